The normalized spacial score (nSPS) is 26.7. The highest BCUT2D eigenvalue weighted by Gasteiger charge is 2.56. The van der Waals surface area contributed by atoms with Crippen LogP contribution in [-0.2, 0) is 19.1 Å². The molecule has 1 saturated carbocycles. The quantitative estimate of drug-likeness (QED) is 0.618. The minimum absolute atomic E-state index is 0.110. The van der Waals surface area contributed by atoms with Gasteiger partial charge >= 0.3 is 0 Å². The molecule has 3 rings (SSSR count). The summed E-state index contributed by atoms with van der Waals surface area (Å²) in [6.07, 6.45) is 3.44. The Kier molecular flexibility index (Phi) is 5.50. The van der Waals surface area contributed by atoms with Crippen LogP contribution < -0.4 is 10.6 Å². The van der Waals surface area contributed by atoms with E-state index in [9.17, 15) is 9.59 Å². The predicted molar refractivity (Wildman–Crippen MR) is 83.9 cm³/mol. The van der Waals surface area contributed by atoms with Crippen LogP contribution >= 0.6 is 0 Å². The van der Waals surface area contributed by atoms with Gasteiger partial charge in [-0.15, -0.1) is 0 Å². The first kappa shape index (κ1) is 16.7. The molecule has 0 aromatic heterocycles. The largest absolute Gasteiger partial charge is 0.379 e. The van der Waals surface area contributed by atoms with Gasteiger partial charge in [-0.25, -0.2) is 0 Å². The summed E-state index contributed by atoms with van der Waals surface area (Å²) in [7, 11) is 0. The van der Waals surface area contributed by atoms with E-state index in [1.54, 1.807) is 0 Å². The zero-order valence-electron chi connectivity index (χ0n) is 13.6. The summed E-state index contributed by atoms with van der Waals surface area (Å²) in [6.45, 7) is 6.00. The van der Waals surface area contributed by atoms with E-state index in [4.69, 9.17) is 9.47 Å². The van der Waals surface area contributed by atoms with Gasteiger partial charge in [-0.3, -0.25) is 14.5 Å². The SMILES string of the molecule is O=C(NCCN1CCOCC1)C1(C(=O)NCC2CCCO2)CC1. The molecular formula is C16H27N3O4. The topological polar surface area (TPSA) is 79.9 Å². The molecule has 3 aliphatic rings. The molecule has 130 valence electrons. The van der Waals surface area contributed by atoms with Gasteiger partial charge in [-0.2, -0.15) is 0 Å². The highest BCUT2D eigenvalue weighted by Crippen LogP contribution is 2.46. The van der Waals surface area contributed by atoms with Gasteiger partial charge in [-0.1, -0.05) is 0 Å². The molecule has 7 nitrogen and oxygen atoms in total. The van der Waals surface area contributed by atoms with Gasteiger partial charge in [0.25, 0.3) is 0 Å². The molecule has 0 spiro atoms. The molecule has 0 radical (unpaired) electrons. The molecule has 2 aliphatic heterocycles. The number of ether oxygens (including phenoxy) is 2. The summed E-state index contributed by atoms with van der Waals surface area (Å²) < 4.78 is 10.8. The highest BCUT2D eigenvalue weighted by atomic mass is 16.5. The second-order valence-corrected chi connectivity index (χ2v) is 6.64. The fourth-order valence-electron chi connectivity index (χ4n) is 3.18. The first-order valence-corrected chi connectivity index (χ1v) is 8.69. The average molecular weight is 325 g/mol. The average Bonchev–Trinajstić information content (AvgIpc) is 3.23. The fourth-order valence-corrected chi connectivity index (χ4v) is 3.18. The number of amides is 2. The zero-order valence-corrected chi connectivity index (χ0v) is 13.6. The number of morpholine rings is 1. The highest BCUT2D eigenvalue weighted by molar-refractivity contribution is 6.07. The number of carbonyl (C=O) groups excluding carboxylic acids is 2. The van der Waals surface area contributed by atoms with Crippen molar-refractivity contribution in [2.24, 2.45) is 5.41 Å². The van der Waals surface area contributed by atoms with E-state index >= 15 is 0 Å². The van der Waals surface area contributed by atoms with Crippen LogP contribution in [0.2, 0.25) is 0 Å². The van der Waals surface area contributed by atoms with Gasteiger partial charge in [0.1, 0.15) is 5.41 Å². The Labute approximate surface area is 137 Å². The smallest absolute Gasteiger partial charge is 0.235 e. The van der Waals surface area contributed by atoms with Crippen LogP contribution in [0.25, 0.3) is 0 Å². The van der Waals surface area contributed by atoms with Gasteiger partial charge in [0.05, 0.1) is 19.3 Å². The molecule has 2 amide bonds. The van der Waals surface area contributed by atoms with Crippen LogP contribution in [0.4, 0.5) is 0 Å². The maximum Gasteiger partial charge on any atom is 0.235 e. The van der Waals surface area contributed by atoms with Crippen LogP contribution in [0.1, 0.15) is 25.7 Å². The maximum atomic E-state index is 12.4. The zero-order chi connectivity index (χ0) is 16.1. The first-order valence-electron chi connectivity index (χ1n) is 8.69. The Morgan fingerprint density at radius 2 is 1.83 bits per heavy atom. The Hall–Kier alpha value is -1.18. The Bertz CT molecular complexity index is 427. The maximum absolute atomic E-state index is 12.4. The molecule has 0 aromatic rings. The number of hydrogen-bond donors (Lipinski definition) is 2. The summed E-state index contributed by atoms with van der Waals surface area (Å²) in [5.74, 6) is -0.271. The molecule has 7 heteroatoms. The van der Waals surface area contributed by atoms with Gasteiger partial charge in [-0.05, 0) is 25.7 Å². The van der Waals surface area contributed by atoms with Crippen molar-refractivity contribution in [2.45, 2.75) is 31.8 Å². The molecule has 2 heterocycles. The summed E-state index contributed by atoms with van der Waals surface area (Å²) in [4.78, 5) is 27.0. The number of rotatable bonds is 7. The Morgan fingerprint density at radius 1 is 1.09 bits per heavy atom. The summed E-state index contributed by atoms with van der Waals surface area (Å²) in [5, 5.41) is 5.82. The molecule has 1 aliphatic carbocycles. The van der Waals surface area contributed by atoms with Crippen LogP contribution in [-0.4, -0.2) is 75.4 Å². The van der Waals surface area contributed by atoms with Crippen molar-refractivity contribution in [1.82, 2.24) is 15.5 Å². The molecule has 0 bridgehead atoms. The van der Waals surface area contributed by atoms with Crippen LogP contribution in [0, 0.1) is 5.41 Å². The second kappa shape index (κ2) is 7.59. The van der Waals surface area contributed by atoms with Crippen LogP contribution in [0.5, 0.6) is 0 Å². The Morgan fingerprint density at radius 3 is 2.48 bits per heavy atom. The molecular weight excluding hydrogens is 298 g/mol. The van der Waals surface area contributed by atoms with E-state index in [1.165, 1.54) is 0 Å². The minimum Gasteiger partial charge on any atom is -0.379 e. The summed E-state index contributed by atoms with van der Waals surface area (Å²) in [6, 6.07) is 0. The second-order valence-electron chi connectivity index (χ2n) is 6.64. The van der Waals surface area contributed by atoms with Gasteiger partial charge in [0.2, 0.25) is 11.8 Å². The first-order chi connectivity index (χ1) is 11.2. The standard InChI is InChI=1S/C16H27N3O4/c20-14(17-5-6-19-7-10-22-11-8-19)16(3-4-16)15(21)18-12-13-2-1-9-23-13/h13H,1-12H2,(H,17,20)(H,18,21). The van der Waals surface area contributed by atoms with Crippen molar-refractivity contribution >= 4 is 11.8 Å². The van der Waals surface area contributed by atoms with Crippen molar-refractivity contribution in [3.8, 4) is 0 Å². The lowest BCUT2D eigenvalue weighted by Crippen LogP contribution is -2.47. The number of hydrogen-bond acceptors (Lipinski definition) is 5. The van der Waals surface area contributed by atoms with Crippen molar-refractivity contribution < 1.29 is 19.1 Å². The molecule has 0 aromatic carbocycles. The third-order valence-electron chi connectivity index (χ3n) is 4.95. The van der Waals surface area contributed by atoms with Crippen molar-refractivity contribution in [2.75, 3.05) is 52.5 Å². The molecule has 23 heavy (non-hydrogen) atoms. The minimum atomic E-state index is -0.830. The molecule has 2 N–H and O–H groups in total. The third-order valence-corrected chi connectivity index (χ3v) is 4.95. The summed E-state index contributed by atoms with van der Waals surface area (Å²) >= 11 is 0. The van der Waals surface area contributed by atoms with E-state index in [0.29, 0.717) is 25.9 Å². The molecule has 2 saturated heterocycles. The summed E-state index contributed by atoms with van der Waals surface area (Å²) in [5.41, 5.74) is -0.830. The lowest BCUT2D eigenvalue weighted by atomic mass is 10.1. The van der Waals surface area contributed by atoms with Gasteiger partial charge in [0, 0.05) is 39.3 Å². The van der Waals surface area contributed by atoms with Gasteiger partial charge < -0.3 is 20.1 Å². The van der Waals surface area contributed by atoms with E-state index < -0.39 is 5.41 Å². The lowest BCUT2D eigenvalue weighted by Gasteiger charge is -2.26. The van der Waals surface area contributed by atoms with E-state index in [1.807, 2.05) is 0 Å². The number of nitrogens with zero attached hydrogens (tertiary/aromatic N) is 1. The molecule has 1 atom stereocenters. The Balaban J connectivity index is 1.37. The lowest BCUT2D eigenvalue weighted by molar-refractivity contribution is -0.137. The van der Waals surface area contributed by atoms with Crippen LogP contribution in [0.15, 0.2) is 0 Å². The fraction of sp³-hybridized carbons (Fsp3) is 0.875. The van der Waals surface area contributed by atoms with Crippen molar-refractivity contribution in [1.29, 1.82) is 0 Å². The number of nitrogens with one attached hydrogen (secondary N) is 2. The molecule has 1 unspecified atom stereocenters. The van der Waals surface area contributed by atoms with E-state index in [0.717, 1.165) is 52.3 Å². The van der Waals surface area contributed by atoms with Crippen LogP contribution in [0.3, 0.4) is 0 Å². The van der Waals surface area contributed by atoms with E-state index in [-0.39, 0.29) is 17.9 Å². The van der Waals surface area contributed by atoms with Crippen molar-refractivity contribution in [3.05, 3.63) is 0 Å². The third kappa shape index (κ3) is 4.22. The van der Waals surface area contributed by atoms with E-state index in [2.05, 4.69) is 15.5 Å². The molecule has 3 fully saturated rings. The predicted octanol–water partition coefficient (Wildman–Crippen LogP) is -0.490. The monoisotopic (exact) mass is 325 g/mol. The van der Waals surface area contributed by atoms with Gasteiger partial charge in [0.15, 0.2) is 0 Å². The number of carbonyl (C=O) groups is 2. The van der Waals surface area contributed by atoms with Crippen molar-refractivity contribution in [3.63, 3.8) is 0 Å².